The number of rotatable bonds is 6. The number of hydrogen-bond donors (Lipinski definition) is 0. The number of esters is 1. The van der Waals surface area contributed by atoms with Crippen LogP contribution >= 0.6 is 11.8 Å². The molecular weight excluding hydrogens is 320 g/mol. The lowest BCUT2D eigenvalue weighted by atomic mass is 10.2. The molecule has 4 heteroatoms. The number of carbonyl (C=O) groups excluding carboxylic acids is 2. The van der Waals surface area contributed by atoms with Gasteiger partial charge in [0, 0.05) is 18.2 Å². The van der Waals surface area contributed by atoms with E-state index < -0.39 is 0 Å². The van der Waals surface area contributed by atoms with Gasteiger partial charge in [0.2, 0.25) is 0 Å². The van der Waals surface area contributed by atoms with Crippen LogP contribution in [0.5, 0.6) is 0 Å². The van der Waals surface area contributed by atoms with E-state index in [1.165, 1.54) is 17.3 Å². The molecule has 0 aromatic heterocycles. The van der Waals surface area contributed by atoms with Gasteiger partial charge in [0.15, 0.2) is 5.12 Å². The minimum absolute atomic E-state index is 0.138. The van der Waals surface area contributed by atoms with Gasteiger partial charge in [-0.15, -0.1) is 0 Å². The first-order valence-corrected chi connectivity index (χ1v) is 8.71. The van der Waals surface area contributed by atoms with Crippen LogP contribution in [-0.2, 0) is 20.7 Å². The molecule has 0 spiro atoms. The lowest BCUT2D eigenvalue weighted by Crippen LogP contribution is -2.00. The van der Waals surface area contributed by atoms with Crippen LogP contribution in [0.4, 0.5) is 0 Å². The minimum Gasteiger partial charge on any atom is -0.427 e. The third-order valence-electron chi connectivity index (χ3n) is 2.73. The fraction of sp³-hybridized carbons (Fsp3) is 0.300. The van der Waals surface area contributed by atoms with Gasteiger partial charge in [0.1, 0.15) is 5.76 Å². The minimum atomic E-state index is -0.235. The maximum absolute atomic E-state index is 10.8. The van der Waals surface area contributed by atoms with E-state index in [1.54, 1.807) is 38.2 Å². The Morgan fingerprint density at radius 2 is 1.83 bits per heavy atom. The first-order chi connectivity index (χ1) is 11.5. The van der Waals surface area contributed by atoms with E-state index in [4.69, 9.17) is 4.74 Å². The molecule has 1 aromatic carbocycles. The number of ether oxygens (including phenoxy) is 1. The summed E-state index contributed by atoms with van der Waals surface area (Å²) >= 11 is 1.28. The van der Waals surface area contributed by atoms with Gasteiger partial charge >= 0.3 is 5.97 Å². The average Bonchev–Trinajstić information content (AvgIpc) is 2.56. The standard InChI is InChI=1S/C10H14O2.C10H12OS/c1-4-7-9(8-5-2)12-10(11)6-3;1-3-9-4-6-10(7-5-9)12-8(2)11/h4-5,7-8H,1,6H2,2-3H3;4-7H,3H2,1-2H3/b8-5-,9-7+;. The lowest BCUT2D eigenvalue weighted by Gasteiger charge is -2.01. The highest BCUT2D eigenvalue weighted by Crippen LogP contribution is 2.18. The van der Waals surface area contributed by atoms with Crippen molar-refractivity contribution in [1.82, 2.24) is 0 Å². The molecule has 0 fully saturated rings. The Hall–Kier alpha value is -2.07. The summed E-state index contributed by atoms with van der Waals surface area (Å²) in [6, 6.07) is 8.10. The zero-order valence-corrected chi connectivity index (χ0v) is 15.7. The SMILES string of the molecule is C=C/C=C(\C=C/C)OC(=O)CC.CCc1ccc(SC(C)=O)cc1. The number of benzene rings is 1. The summed E-state index contributed by atoms with van der Waals surface area (Å²) in [6.45, 7) is 10.8. The van der Waals surface area contributed by atoms with Crippen molar-refractivity contribution >= 4 is 22.8 Å². The number of thioether (sulfide) groups is 1. The van der Waals surface area contributed by atoms with Gasteiger partial charge in [-0.2, -0.15) is 0 Å². The van der Waals surface area contributed by atoms with Crippen LogP contribution in [0.2, 0.25) is 0 Å². The molecule has 130 valence electrons. The molecule has 0 N–H and O–H groups in total. The molecule has 0 saturated heterocycles. The number of allylic oxidation sites excluding steroid dienone is 4. The van der Waals surface area contributed by atoms with E-state index in [2.05, 4.69) is 25.6 Å². The summed E-state index contributed by atoms with van der Waals surface area (Å²) in [5.41, 5.74) is 1.31. The van der Waals surface area contributed by atoms with Crippen LogP contribution in [0, 0.1) is 0 Å². The molecule has 0 radical (unpaired) electrons. The van der Waals surface area contributed by atoms with Crippen LogP contribution < -0.4 is 0 Å². The molecule has 1 aromatic rings. The molecule has 1 rings (SSSR count). The predicted octanol–water partition coefficient (Wildman–Crippen LogP) is 5.47. The van der Waals surface area contributed by atoms with Crippen molar-refractivity contribution in [2.45, 2.75) is 45.4 Å². The van der Waals surface area contributed by atoms with Crippen LogP contribution in [0.1, 0.15) is 39.7 Å². The van der Waals surface area contributed by atoms with Gasteiger partial charge in [-0.05, 0) is 43.2 Å². The second-order valence-electron chi connectivity index (χ2n) is 4.72. The Labute approximate surface area is 149 Å². The summed E-state index contributed by atoms with van der Waals surface area (Å²) in [5, 5.41) is 0.138. The van der Waals surface area contributed by atoms with E-state index in [9.17, 15) is 9.59 Å². The first kappa shape index (κ1) is 21.9. The molecule has 0 heterocycles. The van der Waals surface area contributed by atoms with E-state index in [-0.39, 0.29) is 11.1 Å². The number of carbonyl (C=O) groups is 2. The molecular formula is C20H26O3S. The molecule has 0 saturated carbocycles. The predicted molar refractivity (Wildman–Crippen MR) is 102 cm³/mol. The molecule has 0 bridgehead atoms. The summed E-state index contributed by atoms with van der Waals surface area (Å²) in [5.74, 6) is 0.292. The third kappa shape index (κ3) is 10.6. The number of hydrogen-bond acceptors (Lipinski definition) is 4. The van der Waals surface area contributed by atoms with Crippen LogP contribution in [0.25, 0.3) is 0 Å². The molecule has 0 aliphatic rings. The number of aryl methyl sites for hydroxylation is 1. The molecule has 3 nitrogen and oxygen atoms in total. The van der Waals surface area contributed by atoms with Crippen molar-refractivity contribution < 1.29 is 14.3 Å². The Kier molecular flexibility index (Phi) is 12.2. The first-order valence-electron chi connectivity index (χ1n) is 7.90. The van der Waals surface area contributed by atoms with Crippen LogP contribution in [0.3, 0.4) is 0 Å². The second-order valence-corrected chi connectivity index (χ2v) is 5.97. The Morgan fingerprint density at radius 1 is 1.21 bits per heavy atom. The maximum atomic E-state index is 10.8. The van der Waals surface area contributed by atoms with Crippen molar-refractivity contribution in [3.63, 3.8) is 0 Å². The summed E-state index contributed by atoms with van der Waals surface area (Å²) in [6.07, 6.45) is 8.18. The molecule has 0 amide bonds. The molecule has 0 aliphatic carbocycles. The largest absolute Gasteiger partial charge is 0.427 e. The van der Waals surface area contributed by atoms with Crippen LogP contribution in [0.15, 0.2) is 65.8 Å². The van der Waals surface area contributed by atoms with Crippen molar-refractivity contribution in [3.05, 3.63) is 66.5 Å². The van der Waals surface area contributed by atoms with Gasteiger partial charge in [0.05, 0.1) is 0 Å². The summed E-state index contributed by atoms with van der Waals surface area (Å²) in [7, 11) is 0. The smallest absolute Gasteiger partial charge is 0.310 e. The van der Waals surface area contributed by atoms with E-state index in [0.29, 0.717) is 12.2 Å². The second kappa shape index (κ2) is 13.4. The summed E-state index contributed by atoms with van der Waals surface area (Å²) < 4.78 is 4.94. The van der Waals surface area contributed by atoms with Gasteiger partial charge in [0.25, 0.3) is 0 Å². The highest BCUT2D eigenvalue weighted by atomic mass is 32.2. The van der Waals surface area contributed by atoms with Gasteiger partial charge < -0.3 is 4.74 Å². The Balaban J connectivity index is 0.000000441. The Bertz CT molecular complexity index is 583. The van der Waals surface area contributed by atoms with E-state index in [1.807, 2.05) is 19.1 Å². The quantitative estimate of drug-likeness (QED) is 0.296. The van der Waals surface area contributed by atoms with Crippen molar-refractivity contribution in [1.29, 1.82) is 0 Å². The van der Waals surface area contributed by atoms with E-state index >= 15 is 0 Å². The zero-order valence-electron chi connectivity index (χ0n) is 14.9. The van der Waals surface area contributed by atoms with Crippen LogP contribution in [-0.4, -0.2) is 11.1 Å². The fourth-order valence-electron chi connectivity index (χ4n) is 1.57. The zero-order chi connectivity index (χ0) is 18.4. The molecule has 0 atom stereocenters. The van der Waals surface area contributed by atoms with Crippen molar-refractivity contribution in [2.24, 2.45) is 0 Å². The monoisotopic (exact) mass is 346 g/mol. The highest BCUT2D eigenvalue weighted by molar-refractivity contribution is 8.13. The van der Waals surface area contributed by atoms with E-state index in [0.717, 1.165) is 11.3 Å². The Morgan fingerprint density at radius 3 is 2.25 bits per heavy atom. The molecule has 0 aliphatic heterocycles. The maximum Gasteiger partial charge on any atom is 0.310 e. The molecule has 24 heavy (non-hydrogen) atoms. The average molecular weight is 346 g/mol. The normalized spacial score (nSPS) is 10.8. The van der Waals surface area contributed by atoms with Gasteiger partial charge in [-0.3, -0.25) is 9.59 Å². The highest BCUT2D eigenvalue weighted by Gasteiger charge is 1.99. The summed E-state index contributed by atoms with van der Waals surface area (Å²) in [4.78, 5) is 22.6. The van der Waals surface area contributed by atoms with Gasteiger partial charge in [-0.25, -0.2) is 0 Å². The van der Waals surface area contributed by atoms with Gasteiger partial charge in [-0.1, -0.05) is 56.5 Å². The third-order valence-corrected chi connectivity index (χ3v) is 3.52. The fourth-order valence-corrected chi connectivity index (χ4v) is 2.17. The molecule has 0 unspecified atom stereocenters. The topological polar surface area (TPSA) is 43.4 Å². The van der Waals surface area contributed by atoms with Crippen molar-refractivity contribution in [2.75, 3.05) is 0 Å². The lowest BCUT2D eigenvalue weighted by molar-refractivity contribution is -0.138. The van der Waals surface area contributed by atoms with Crippen molar-refractivity contribution in [3.8, 4) is 0 Å².